The van der Waals surface area contributed by atoms with E-state index in [1.165, 1.54) is 13.0 Å². The zero-order valence-electron chi connectivity index (χ0n) is 7.67. The van der Waals surface area contributed by atoms with Gasteiger partial charge in [-0.2, -0.15) is 5.10 Å². The highest BCUT2D eigenvalue weighted by Crippen LogP contribution is 2.23. The maximum absolute atomic E-state index is 12.4. The highest BCUT2D eigenvalue weighted by Gasteiger charge is 2.34. The van der Waals surface area contributed by atoms with Crippen molar-refractivity contribution in [2.45, 2.75) is 32.4 Å². The summed E-state index contributed by atoms with van der Waals surface area (Å²) in [6, 6.07) is 1.52. The number of rotatable bonds is 3. The molecule has 0 spiro atoms. The summed E-state index contributed by atoms with van der Waals surface area (Å²) in [6.45, 7) is 3.81. The standard InChI is InChI=1S/C8H13F2N3/c1-3-13-5-4-6(12-13)8(2,11)7(9)10/h4-5,7H,3,11H2,1-2H3. The zero-order chi connectivity index (χ0) is 10.1. The molecule has 0 saturated heterocycles. The normalized spacial score (nSPS) is 16.2. The first-order valence-corrected chi connectivity index (χ1v) is 4.09. The van der Waals surface area contributed by atoms with Crippen molar-refractivity contribution in [3.8, 4) is 0 Å². The second-order valence-electron chi connectivity index (χ2n) is 3.14. The fourth-order valence-corrected chi connectivity index (χ4v) is 0.937. The molecule has 74 valence electrons. The minimum Gasteiger partial charge on any atom is -0.316 e. The molecule has 0 aliphatic heterocycles. The predicted octanol–water partition coefficient (Wildman–Crippen LogP) is 1.34. The molecule has 0 fully saturated rings. The van der Waals surface area contributed by atoms with Crippen LogP contribution in [0.3, 0.4) is 0 Å². The third kappa shape index (κ3) is 1.85. The first-order chi connectivity index (χ1) is 5.98. The third-order valence-corrected chi connectivity index (χ3v) is 1.97. The summed E-state index contributed by atoms with van der Waals surface area (Å²) in [5.74, 6) is 0. The number of alkyl halides is 2. The Morgan fingerprint density at radius 1 is 1.69 bits per heavy atom. The molecule has 0 amide bonds. The fourth-order valence-electron chi connectivity index (χ4n) is 0.937. The second-order valence-corrected chi connectivity index (χ2v) is 3.14. The average molecular weight is 189 g/mol. The number of hydrogen-bond acceptors (Lipinski definition) is 2. The van der Waals surface area contributed by atoms with Crippen LogP contribution in [0.15, 0.2) is 12.3 Å². The molecular formula is C8H13F2N3. The zero-order valence-corrected chi connectivity index (χ0v) is 7.67. The summed E-state index contributed by atoms with van der Waals surface area (Å²) >= 11 is 0. The Morgan fingerprint density at radius 2 is 2.31 bits per heavy atom. The lowest BCUT2D eigenvalue weighted by Gasteiger charge is -2.20. The molecule has 1 heterocycles. The Balaban J connectivity index is 2.93. The summed E-state index contributed by atoms with van der Waals surface area (Å²) in [6.07, 6.45) is -0.962. The van der Waals surface area contributed by atoms with Gasteiger partial charge in [0.25, 0.3) is 6.43 Å². The summed E-state index contributed by atoms with van der Waals surface area (Å²) in [4.78, 5) is 0. The van der Waals surface area contributed by atoms with Crippen molar-refractivity contribution in [2.75, 3.05) is 0 Å². The van der Waals surface area contributed by atoms with Gasteiger partial charge in [-0.05, 0) is 19.9 Å². The van der Waals surface area contributed by atoms with E-state index in [0.717, 1.165) is 0 Å². The molecule has 1 unspecified atom stereocenters. The van der Waals surface area contributed by atoms with Gasteiger partial charge in [-0.1, -0.05) is 0 Å². The minimum atomic E-state index is -2.60. The van der Waals surface area contributed by atoms with Crippen molar-refractivity contribution in [2.24, 2.45) is 5.73 Å². The molecule has 13 heavy (non-hydrogen) atoms. The number of hydrogen-bond donors (Lipinski definition) is 1. The Bertz CT molecular complexity index is 281. The summed E-state index contributed by atoms with van der Waals surface area (Å²) in [5.41, 5.74) is 4.00. The van der Waals surface area contributed by atoms with E-state index in [-0.39, 0.29) is 5.69 Å². The lowest BCUT2D eigenvalue weighted by Crippen LogP contribution is -2.41. The Kier molecular flexibility index (Phi) is 2.66. The molecule has 1 rings (SSSR count). The van der Waals surface area contributed by atoms with Crippen LogP contribution < -0.4 is 5.73 Å². The van der Waals surface area contributed by atoms with Gasteiger partial charge >= 0.3 is 0 Å². The second kappa shape index (κ2) is 3.41. The van der Waals surface area contributed by atoms with Crippen LogP contribution >= 0.6 is 0 Å². The molecule has 0 saturated carbocycles. The van der Waals surface area contributed by atoms with Crippen LogP contribution in [0.5, 0.6) is 0 Å². The number of nitrogens with two attached hydrogens (primary N) is 1. The topological polar surface area (TPSA) is 43.8 Å². The van der Waals surface area contributed by atoms with Crippen LogP contribution in [0, 0.1) is 0 Å². The Morgan fingerprint density at radius 3 is 2.69 bits per heavy atom. The van der Waals surface area contributed by atoms with Crippen LogP contribution in [0.1, 0.15) is 19.5 Å². The first kappa shape index (κ1) is 10.1. The lowest BCUT2D eigenvalue weighted by atomic mass is 10.0. The Labute approximate surface area is 75.5 Å². The molecule has 0 bridgehead atoms. The van der Waals surface area contributed by atoms with Gasteiger partial charge in [0.2, 0.25) is 0 Å². The van der Waals surface area contributed by atoms with Crippen molar-refractivity contribution in [1.82, 2.24) is 9.78 Å². The van der Waals surface area contributed by atoms with E-state index >= 15 is 0 Å². The van der Waals surface area contributed by atoms with Gasteiger partial charge in [-0.3, -0.25) is 4.68 Å². The Hall–Kier alpha value is -0.970. The average Bonchev–Trinajstić information content (AvgIpc) is 2.51. The lowest BCUT2D eigenvalue weighted by molar-refractivity contribution is 0.0598. The fraction of sp³-hybridized carbons (Fsp3) is 0.625. The maximum atomic E-state index is 12.4. The molecule has 5 heteroatoms. The van der Waals surface area contributed by atoms with Crippen molar-refractivity contribution in [3.05, 3.63) is 18.0 Å². The highest BCUT2D eigenvalue weighted by atomic mass is 19.3. The number of halogens is 2. The van der Waals surface area contributed by atoms with E-state index in [2.05, 4.69) is 5.10 Å². The summed E-state index contributed by atoms with van der Waals surface area (Å²) in [5, 5.41) is 3.93. The van der Waals surface area contributed by atoms with Gasteiger partial charge in [0.05, 0.1) is 5.69 Å². The largest absolute Gasteiger partial charge is 0.316 e. The molecule has 0 aliphatic carbocycles. The van der Waals surface area contributed by atoms with E-state index in [9.17, 15) is 8.78 Å². The van der Waals surface area contributed by atoms with Crippen molar-refractivity contribution in [1.29, 1.82) is 0 Å². The molecular weight excluding hydrogens is 176 g/mol. The highest BCUT2D eigenvalue weighted by molar-refractivity contribution is 5.12. The first-order valence-electron chi connectivity index (χ1n) is 4.09. The van der Waals surface area contributed by atoms with Crippen LogP contribution in [0.4, 0.5) is 8.78 Å². The van der Waals surface area contributed by atoms with Gasteiger partial charge < -0.3 is 5.73 Å². The molecule has 0 aliphatic rings. The summed E-state index contributed by atoms with van der Waals surface area (Å²) in [7, 11) is 0. The quantitative estimate of drug-likeness (QED) is 0.779. The minimum absolute atomic E-state index is 0.226. The smallest absolute Gasteiger partial charge is 0.261 e. The van der Waals surface area contributed by atoms with Gasteiger partial charge in [0.15, 0.2) is 0 Å². The number of aromatic nitrogens is 2. The third-order valence-electron chi connectivity index (χ3n) is 1.97. The molecule has 0 radical (unpaired) electrons. The summed E-state index contributed by atoms with van der Waals surface area (Å²) < 4.78 is 26.4. The SMILES string of the molecule is CCn1ccc(C(C)(N)C(F)F)n1. The van der Waals surface area contributed by atoms with Gasteiger partial charge in [0, 0.05) is 12.7 Å². The molecule has 3 nitrogen and oxygen atoms in total. The number of aryl methyl sites for hydroxylation is 1. The number of nitrogens with zero attached hydrogens (tertiary/aromatic N) is 2. The molecule has 1 aromatic heterocycles. The maximum Gasteiger partial charge on any atom is 0.261 e. The van der Waals surface area contributed by atoms with Crippen molar-refractivity contribution < 1.29 is 8.78 Å². The monoisotopic (exact) mass is 189 g/mol. The molecule has 1 atom stereocenters. The van der Waals surface area contributed by atoms with E-state index in [1.54, 1.807) is 10.9 Å². The van der Waals surface area contributed by atoms with E-state index in [1.807, 2.05) is 6.92 Å². The molecule has 2 N–H and O–H groups in total. The van der Waals surface area contributed by atoms with Crippen molar-refractivity contribution >= 4 is 0 Å². The van der Waals surface area contributed by atoms with Crippen molar-refractivity contribution in [3.63, 3.8) is 0 Å². The molecule has 1 aromatic rings. The van der Waals surface area contributed by atoms with Crippen LogP contribution in [0.2, 0.25) is 0 Å². The van der Waals surface area contributed by atoms with Gasteiger partial charge in [0.1, 0.15) is 5.54 Å². The van der Waals surface area contributed by atoms with Crippen LogP contribution in [-0.2, 0) is 12.1 Å². The van der Waals surface area contributed by atoms with Crippen LogP contribution in [0.25, 0.3) is 0 Å². The van der Waals surface area contributed by atoms with Gasteiger partial charge in [-0.25, -0.2) is 8.78 Å². The van der Waals surface area contributed by atoms with E-state index in [0.29, 0.717) is 6.54 Å². The van der Waals surface area contributed by atoms with Crippen LogP contribution in [-0.4, -0.2) is 16.2 Å². The molecule has 0 aromatic carbocycles. The predicted molar refractivity (Wildman–Crippen MR) is 45.4 cm³/mol. The van der Waals surface area contributed by atoms with E-state index in [4.69, 9.17) is 5.73 Å². The van der Waals surface area contributed by atoms with Gasteiger partial charge in [-0.15, -0.1) is 0 Å². The van der Waals surface area contributed by atoms with E-state index < -0.39 is 12.0 Å².